The Bertz CT molecular complexity index is 1250. The van der Waals surface area contributed by atoms with Gasteiger partial charge < -0.3 is 19.9 Å². The molecule has 1 spiro atoms. The Balaban J connectivity index is 1.60. The highest BCUT2D eigenvalue weighted by Gasteiger charge is 2.71. The molecule has 5 heteroatoms. The number of aryl methyl sites for hydroxylation is 1. The van der Waals surface area contributed by atoms with Crippen molar-refractivity contribution in [1.29, 1.82) is 0 Å². The number of hydrogen-bond donors (Lipinski definition) is 2. The van der Waals surface area contributed by atoms with Crippen molar-refractivity contribution >= 4 is 10.9 Å². The van der Waals surface area contributed by atoms with Crippen LogP contribution in [0.4, 0.5) is 0 Å². The molecule has 5 nitrogen and oxygen atoms in total. The first-order valence-electron chi connectivity index (χ1n) is 10.8. The first kappa shape index (κ1) is 17.1. The van der Waals surface area contributed by atoms with Gasteiger partial charge in [0.25, 0.3) is 0 Å². The van der Waals surface area contributed by atoms with Crippen LogP contribution in [-0.4, -0.2) is 35.4 Å². The molecule has 2 N–H and O–H groups in total. The summed E-state index contributed by atoms with van der Waals surface area (Å²) in [5.74, 6) is 1.55. The fraction of sp³-hybridized carbons (Fsp3) is 0.400. The lowest BCUT2D eigenvalue weighted by molar-refractivity contribution is -0.134. The van der Waals surface area contributed by atoms with Gasteiger partial charge in [-0.25, -0.2) is 4.98 Å². The maximum absolute atomic E-state index is 12.4. The van der Waals surface area contributed by atoms with Gasteiger partial charge in [0.15, 0.2) is 17.6 Å². The molecule has 3 aromatic rings. The third-order valence-corrected chi connectivity index (χ3v) is 8.25. The molecule has 1 aromatic heterocycles. The normalized spacial score (nSPS) is 32.4. The van der Waals surface area contributed by atoms with E-state index in [4.69, 9.17) is 14.5 Å². The summed E-state index contributed by atoms with van der Waals surface area (Å²) in [7, 11) is 1.69. The van der Waals surface area contributed by atoms with Gasteiger partial charge in [0.05, 0.1) is 29.3 Å². The molecule has 1 saturated heterocycles. The zero-order valence-corrected chi connectivity index (χ0v) is 17.2. The van der Waals surface area contributed by atoms with E-state index in [0.29, 0.717) is 6.42 Å². The van der Waals surface area contributed by atoms with Gasteiger partial charge in [-0.05, 0) is 55.1 Å². The minimum atomic E-state index is -0.914. The lowest BCUT2D eigenvalue weighted by Gasteiger charge is -2.60. The number of rotatable bonds is 1. The molecule has 3 heterocycles. The molecule has 7 rings (SSSR count). The number of aromatic nitrogens is 1. The number of para-hydroxylation sites is 1. The van der Waals surface area contributed by atoms with Crippen molar-refractivity contribution in [3.63, 3.8) is 0 Å². The summed E-state index contributed by atoms with van der Waals surface area (Å²) in [6.07, 6.45) is 1.92. The van der Waals surface area contributed by atoms with Gasteiger partial charge in [-0.2, -0.15) is 0 Å². The van der Waals surface area contributed by atoms with E-state index >= 15 is 0 Å². The van der Waals surface area contributed by atoms with Crippen LogP contribution >= 0.6 is 0 Å². The predicted molar refractivity (Wildman–Crippen MR) is 113 cm³/mol. The summed E-state index contributed by atoms with van der Waals surface area (Å²) in [5, 5.41) is 17.2. The molecule has 2 bridgehead atoms. The molecule has 0 radical (unpaired) electrons. The second-order valence-electron chi connectivity index (χ2n) is 9.28. The van der Waals surface area contributed by atoms with Gasteiger partial charge in [0.2, 0.25) is 0 Å². The molecule has 2 aliphatic heterocycles. The minimum absolute atomic E-state index is 0.00298. The van der Waals surface area contributed by atoms with E-state index in [1.165, 1.54) is 11.1 Å². The van der Waals surface area contributed by atoms with Crippen LogP contribution in [0.2, 0.25) is 0 Å². The van der Waals surface area contributed by atoms with Crippen molar-refractivity contribution in [2.75, 3.05) is 13.7 Å². The van der Waals surface area contributed by atoms with Crippen molar-refractivity contribution in [3.05, 3.63) is 64.3 Å². The average Bonchev–Trinajstić information content (AvgIpc) is 3.09. The molecule has 1 fully saturated rings. The summed E-state index contributed by atoms with van der Waals surface area (Å²) in [4.78, 5) is 5.12. The first-order valence-corrected chi connectivity index (χ1v) is 10.8. The van der Waals surface area contributed by atoms with E-state index in [1.807, 2.05) is 12.1 Å². The highest BCUT2D eigenvalue weighted by atomic mass is 16.5. The second kappa shape index (κ2) is 5.34. The van der Waals surface area contributed by atoms with E-state index in [2.05, 4.69) is 36.5 Å². The Morgan fingerprint density at radius 1 is 1.23 bits per heavy atom. The highest BCUT2D eigenvalue weighted by molar-refractivity contribution is 5.84. The van der Waals surface area contributed by atoms with Crippen LogP contribution in [0.15, 0.2) is 36.4 Å². The van der Waals surface area contributed by atoms with E-state index in [-0.39, 0.29) is 12.1 Å². The van der Waals surface area contributed by atoms with Gasteiger partial charge in [-0.15, -0.1) is 0 Å². The summed E-state index contributed by atoms with van der Waals surface area (Å²) in [6, 6.07) is 12.4. The quantitative estimate of drug-likeness (QED) is 0.657. The molecule has 4 aliphatic rings. The van der Waals surface area contributed by atoms with Gasteiger partial charge in [-0.3, -0.25) is 0 Å². The Morgan fingerprint density at radius 2 is 2.10 bits per heavy atom. The Labute approximate surface area is 175 Å². The second-order valence-corrected chi connectivity index (χ2v) is 9.28. The largest absolute Gasteiger partial charge is 0.493 e. The molecule has 3 unspecified atom stereocenters. The average molecular weight is 400 g/mol. The summed E-state index contributed by atoms with van der Waals surface area (Å²) in [6.45, 7) is 3.02. The predicted octanol–water partition coefficient (Wildman–Crippen LogP) is 3.13. The van der Waals surface area contributed by atoms with Gasteiger partial charge in [0, 0.05) is 23.4 Å². The molecule has 152 valence electrons. The van der Waals surface area contributed by atoms with Crippen molar-refractivity contribution in [1.82, 2.24) is 10.3 Å². The SMILES string of the molecule is COc1ccc2c3c1OC1c4nc5ccccc5c(C)c4CC4(O)C(C2)NCC[C@]314. The van der Waals surface area contributed by atoms with Crippen molar-refractivity contribution in [2.24, 2.45) is 0 Å². The number of ether oxygens (including phenoxy) is 2. The smallest absolute Gasteiger partial charge is 0.166 e. The van der Waals surface area contributed by atoms with Gasteiger partial charge >= 0.3 is 0 Å². The molecular formula is C25H24N2O3. The number of nitrogens with one attached hydrogen (secondary N) is 1. The number of nitrogens with zero attached hydrogens (tertiary/aromatic N) is 1. The fourth-order valence-electron chi connectivity index (χ4n) is 6.91. The Kier molecular flexibility index (Phi) is 3.04. The summed E-state index contributed by atoms with van der Waals surface area (Å²) < 4.78 is 12.4. The van der Waals surface area contributed by atoms with Crippen LogP contribution in [0.1, 0.15) is 40.5 Å². The van der Waals surface area contributed by atoms with Crippen LogP contribution in [0, 0.1) is 6.92 Å². The highest BCUT2D eigenvalue weighted by Crippen LogP contribution is 2.67. The Morgan fingerprint density at radius 3 is 2.97 bits per heavy atom. The van der Waals surface area contributed by atoms with Crippen molar-refractivity contribution in [3.8, 4) is 11.5 Å². The maximum atomic E-state index is 12.4. The molecule has 30 heavy (non-hydrogen) atoms. The van der Waals surface area contributed by atoms with Crippen LogP contribution < -0.4 is 14.8 Å². The van der Waals surface area contributed by atoms with Crippen LogP contribution in [0.3, 0.4) is 0 Å². The lowest BCUT2D eigenvalue weighted by Crippen LogP contribution is -2.74. The maximum Gasteiger partial charge on any atom is 0.166 e. The van der Waals surface area contributed by atoms with E-state index in [0.717, 1.165) is 58.6 Å². The number of pyridine rings is 1. The van der Waals surface area contributed by atoms with E-state index < -0.39 is 11.0 Å². The van der Waals surface area contributed by atoms with Crippen LogP contribution in [-0.2, 0) is 18.3 Å². The zero-order valence-electron chi connectivity index (χ0n) is 17.2. The molecular weight excluding hydrogens is 376 g/mol. The minimum Gasteiger partial charge on any atom is -0.493 e. The third kappa shape index (κ3) is 1.69. The lowest BCUT2D eigenvalue weighted by atomic mass is 9.49. The zero-order chi connectivity index (χ0) is 20.3. The topological polar surface area (TPSA) is 63.6 Å². The molecule has 0 amide bonds. The summed E-state index contributed by atoms with van der Waals surface area (Å²) >= 11 is 0. The number of fused-ring (bicyclic) bond motifs is 3. The number of aliphatic hydroxyl groups is 1. The van der Waals surface area contributed by atoms with Gasteiger partial charge in [0.1, 0.15) is 0 Å². The van der Waals surface area contributed by atoms with E-state index in [9.17, 15) is 5.11 Å². The number of piperidine rings is 1. The third-order valence-electron chi connectivity index (χ3n) is 8.25. The van der Waals surface area contributed by atoms with Crippen molar-refractivity contribution in [2.45, 2.75) is 49.3 Å². The number of methoxy groups -OCH3 is 1. The first-order chi connectivity index (χ1) is 14.6. The Hall–Kier alpha value is -2.63. The fourth-order valence-corrected chi connectivity index (χ4v) is 6.91. The molecule has 2 aromatic carbocycles. The van der Waals surface area contributed by atoms with Crippen LogP contribution in [0.5, 0.6) is 11.5 Å². The monoisotopic (exact) mass is 400 g/mol. The molecule has 4 atom stereocenters. The standard InChI is InChI=1S/C25H24N2O3/c1-13-15-5-3-4-6-17(15)27-21-16(13)12-25(28)19-11-14-7-8-18(29-2)22-20(14)24(25,9-10-26-19)23(21)30-22/h3-8,19,23,26,28H,9-12H2,1-2H3/t19?,23?,24-,25?/m0/s1. The molecule has 2 aliphatic carbocycles. The molecule has 0 saturated carbocycles. The van der Waals surface area contributed by atoms with Crippen molar-refractivity contribution < 1.29 is 14.6 Å². The number of benzene rings is 2. The van der Waals surface area contributed by atoms with Crippen LogP contribution in [0.25, 0.3) is 10.9 Å². The van der Waals surface area contributed by atoms with Gasteiger partial charge in [-0.1, -0.05) is 24.3 Å². The summed E-state index contributed by atoms with van der Waals surface area (Å²) in [5.41, 5.74) is 5.33. The number of hydrogen-bond acceptors (Lipinski definition) is 5. The van der Waals surface area contributed by atoms with E-state index in [1.54, 1.807) is 7.11 Å².